The molecule has 1 unspecified atom stereocenters. The van der Waals surface area contributed by atoms with Crippen LogP contribution in [0.5, 0.6) is 0 Å². The fraction of sp³-hybridized carbons (Fsp3) is 0.733. The third-order valence-electron chi connectivity index (χ3n) is 3.85. The van der Waals surface area contributed by atoms with Crippen LogP contribution < -0.4 is 0 Å². The zero-order valence-electron chi connectivity index (χ0n) is 11.7. The minimum absolute atomic E-state index is 0.365. The van der Waals surface area contributed by atoms with E-state index in [1.54, 1.807) is 6.92 Å². The summed E-state index contributed by atoms with van der Waals surface area (Å²) in [5.41, 5.74) is 0.0656. The summed E-state index contributed by atoms with van der Waals surface area (Å²) in [7, 11) is 0. The molecule has 0 saturated carbocycles. The van der Waals surface area contributed by atoms with E-state index in [-0.39, 0.29) is 6.10 Å². The van der Waals surface area contributed by atoms with Crippen molar-refractivity contribution in [1.29, 1.82) is 0 Å². The van der Waals surface area contributed by atoms with Crippen LogP contribution in [0, 0.1) is 11.8 Å². The molecule has 2 N–H and O–H groups in total. The molecule has 3 heteroatoms. The molecule has 3 nitrogen and oxygen atoms in total. The summed E-state index contributed by atoms with van der Waals surface area (Å²) >= 11 is 0. The van der Waals surface area contributed by atoms with E-state index in [1.165, 1.54) is 0 Å². The van der Waals surface area contributed by atoms with Crippen LogP contribution in [-0.4, -0.2) is 22.1 Å². The van der Waals surface area contributed by atoms with Crippen molar-refractivity contribution in [3.63, 3.8) is 0 Å². The second kappa shape index (κ2) is 6.50. The second-order valence-electron chi connectivity index (χ2n) is 5.95. The summed E-state index contributed by atoms with van der Waals surface area (Å²) < 4.78 is 0. The lowest BCUT2D eigenvalue weighted by Crippen LogP contribution is -2.26. The van der Waals surface area contributed by atoms with Crippen molar-refractivity contribution in [1.82, 2.24) is 0 Å². The van der Waals surface area contributed by atoms with Gasteiger partial charge in [-0.05, 0) is 50.0 Å². The maximum absolute atomic E-state index is 10.2. The average Bonchev–Trinajstić information content (AvgIpc) is 2.28. The second-order valence-corrected chi connectivity index (χ2v) is 5.95. The van der Waals surface area contributed by atoms with Crippen LogP contribution >= 0.6 is 0 Å². The van der Waals surface area contributed by atoms with Gasteiger partial charge in [-0.2, -0.15) is 0 Å². The molecule has 1 rings (SSSR count). The molecule has 18 heavy (non-hydrogen) atoms. The van der Waals surface area contributed by atoms with Crippen molar-refractivity contribution >= 4 is 0 Å². The minimum Gasteiger partial charge on any atom is -0.386 e. The Hall–Kier alpha value is -0.640. The Labute approximate surface area is 110 Å². The van der Waals surface area contributed by atoms with E-state index in [0.717, 1.165) is 18.4 Å². The molecular weight excluding hydrogens is 228 g/mol. The summed E-state index contributed by atoms with van der Waals surface area (Å²) in [5, 5.41) is 19.2. The average molecular weight is 254 g/mol. The lowest BCUT2D eigenvalue weighted by molar-refractivity contribution is -0.271. The highest BCUT2D eigenvalue weighted by molar-refractivity contribution is 5.08. The van der Waals surface area contributed by atoms with Crippen molar-refractivity contribution in [3.05, 3.63) is 24.3 Å². The molecule has 0 spiro atoms. The number of rotatable bonds is 2. The first-order chi connectivity index (χ1) is 8.35. The first kappa shape index (κ1) is 15.4. The van der Waals surface area contributed by atoms with Crippen LogP contribution in [0.25, 0.3) is 0 Å². The van der Waals surface area contributed by atoms with Crippen LogP contribution in [0.4, 0.5) is 0 Å². The quantitative estimate of drug-likeness (QED) is 0.450. The van der Waals surface area contributed by atoms with Crippen molar-refractivity contribution in [2.24, 2.45) is 11.8 Å². The SMILES string of the molecule is C=C1CCC(C(C)C)/C=C/[C@](C)(O)CC[C@@H]1OO. The molecule has 0 aromatic carbocycles. The fourth-order valence-corrected chi connectivity index (χ4v) is 2.33. The Kier molecular flexibility index (Phi) is 5.57. The number of aliphatic hydroxyl groups is 1. The highest BCUT2D eigenvalue weighted by Gasteiger charge is 2.24. The fourth-order valence-electron chi connectivity index (χ4n) is 2.33. The van der Waals surface area contributed by atoms with Gasteiger partial charge in [0.1, 0.15) is 6.10 Å². The smallest absolute Gasteiger partial charge is 0.114 e. The third kappa shape index (κ3) is 4.56. The van der Waals surface area contributed by atoms with Crippen LogP contribution in [0.15, 0.2) is 24.3 Å². The zero-order valence-corrected chi connectivity index (χ0v) is 11.7. The van der Waals surface area contributed by atoms with Gasteiger partial charge in [0.2, 0.25) is 0 Å². The largest absolute Gasteiger partial charge is 0.386 e. The summed E-state index contributed by atoms with van der Waals surface area (Å²) in [5.74, 6) is 0.948. The van der Waals surface area contributed by atoms with Gasteiger partial charge in [0.25, 0.3) is 0 Å². The lowest BCUT2D eigenvalue weighted by atomic mass is 9.84. The van der Waals surface area contributed by atoms with Crippen LogP contribution in [0.3, 0.4) is 0 Å². The Morgan fingerprint density at radius 3 is 2.67 bits per heavy atom. The standard InChI is InChI=1S/C15H26O3/c1-11(2)13-6-5-12(3)14(18-17)8-10-15(4,16)9-7-13/h7,9,11,13-14,16-17H,3,5-6,8,10H2,1-2,4H3/b9-7+/t13?,14-,15-/m0/s1. The lowest BCUT2D eigenvalue weighted by Gasteiger charge is -2.27. The molecule has 0 heterocycles. The maximum Gasteiger partial charge on any atom is 0.114 e. The molecule has 0 saturated heterocycles. The van der Waals surface area contributed by atoms with Gasteiger partial charge in [-0.3, -0.25) is 5.26 Å². The number of hydrogen-bond acceptors (Lipinski definition) is 3. The zero-order chi connectivity index (χ0) is 13.8. The van der Waals surface area contributed by atoms with E-state index in [4.69, 9.17) is 5.26 Å². The predicted molar refractivity (Wildman–Crippen MR) is 73.2 cm³/mol. The van der Waals surface area contributed by atoms with Crippen LogP contribution in [0.1, 0.15) is 46.5 Å². The molecular formula is C15H26O3. The third-order valence-corrected chi connectivity index (χ3v) is 3.85. The normalized spacial score (nSPS) is 36.7. The summed E-state index contributed by atoms with van der Waals surface area (Å²) in [6.45, 7) is 10.1. The Bertz CT molecular complexity index is 305. The monoisotopic (exact) mass is 254 g/mol. The summed E-state index contributed by atoms with van der Waals surface area (Å²) in [6.07, 6.45) is 6.61. The maximum atomic E-state index is 10.2. The molecule has 3 atom stereocenters. The van der Waals surface area contributed by atoms with Gasteiger partial charge < -0.3 is 5.11 Å². The highest BCUT2D eigenvalue weighted by Crippen LogP contribution is 2.28. The van der Waals surface area contributed by atoms with Gasteiger partial charge in [0, 0.05) is 0 Å². The van der Waals surface area contributed by atoms with Crippen molar-refractivity contribution < 1.29 is 15.3 Å². The summed E-state index contributed by atoms with van der Waals surface area (Å²) in [6, 6.07) is 0. The Morgan fingerprint density at radius 1 is 1.44 bits per heavy atom. The van der Waals surface area contributed by atoms with E-state index >= 15 is 0 Å². The van der Waals surface area contributed by atoms with Crippen molar-refractivity contribution in [2.75, 3.05) is 0 Å². The van der Waals surface area contributed by atoms with E-state index in [9.17, 15) is 5.11 Å². The van der Waals surface area contributed by atoms with Gasteiger partial charge >= 0.3 is 0 Å². The molecule has 0 fully saturated rings. The molecule has 1 aliphatic rings. The molecule has 0 aromatic heterocycles. The highest BCUT2D eigenvalue weighted by atomic mass is 17.1. The van der Waals surface area contributed by atoms with E-state index < -0.39 is 5.60 Å². The van der Waals surface area contributed by atoms with E-state index in [2.05, 4.69) is 31.4 Å². The van der Waals surface area contributed by atoms with Gasteiger partial charge in [-0.15, -0.1) is 0 Å². The van der Waals surface area contributed by atoms with Crippen molar-refractivity contribution in [2.45, 2.75) is 58.2 Å². The first-order valence-electron chi connectivity index (χ1n) is 6.75. The molecule has 0 bridgehead atoms. The first-order valence-corrected chi connectivity index (χ1v) is 6.75. The van der Waals surface area contributed by atoms with E-state index in [0.29, 0.717) is 24.7 Å². The Balaban J connectivity index is 2.86. The van der Waals surface area contributed by atoms with Crippen molar-refractivity contribution in [3.8, 4) is 0 Å². The molecule has 1 aliphatic carbocycles. The molecule has 104 valence electrons. The van der Waals surface area contributed by atoms with Crippen LogP contribution in [-0.2, 0) is 4.89 Å². The number of hydrogen-bond donors (Lipinski definition) is 2. The Morgan fingerprint density at radius 2 is 2.11 bits per heavy atom. The van der Waals surface area contributed by atoms with Gasteiger partial charge in [0.15, 0.2) is 0 Å². The van der Waals surface area contributed by atoms with Gasteiger partial charge in [0.05, 0.1) is 5.60 Å². The molecule has 0 aromatic rings. The topological polar surface area (TPSA) is 49.7 Å². The van der Waals surface area contributed by atoms with Gasteiger partial charge in [-0.1, -0.05) is 32.6 Å². The molecule has 0 radical (unpaired) electrons. The predicted octanol–water partition coefficient (Wildman–Crippen LogP) is 3.55. The van der Waals surface area contributed by atoms with E-state index in [1.807, 2.05) is 6.08 Å². The minimum atomic E-state index is -0.846. The van der Waals surface area contributed by atoms with Crippen LogP contribution in [0.2, 0.25) is 0 Å². The molecule has 0 amide bonds. The number of allylic oxidation sites excluding steroid dienone is 1. The van der Waals surface area contributed by atoms with Gasteiger partial charge in [-0.25, -0.2) is 4.89 Å². The summed E-state index contributed by atoms with van der Waals surface area (Å²) in [4.78, 5) is 4.49. The molecule has 0 aliphatic heterocycles.